The average Bonchev–Trinajstić information content (AvgIpc) is 2.61. The summed E-state index contributed by atoms with van der Waals surface area (Å²) in [5.41, 5.74) is 1.75. The largest absolute Gasteiger partial charge is 0.264 e. The van der Waals surface area contributed by atoms with Crippen molar-refractivity contribution in [1.82, 2.24) is 9.97 Å². The molecule has 0 N–H and O–H groups in total. The Morgan fingerprint density at radius 3 is 2.93 bits per heavy atom. The maximum atomic E-state index is 8.78. The number of hydrogen-bond donors (Lipinski definition) is 0. The van der Waals surface area contributed by atoms with E-state index in [2.05, 4.69) is 16.0 Å². The number of hydrogen-bond acceptors (Lipinski definition) is 4. The molecule has 0 amide bonds. The van der Waals surface area contributed by atoms with Crippen molar-refractivity contribution in [2.24, 2.45) is 0 Å². The predicted octanol–water partition coefficient (Wildman–Crippen LogP) is 2.39. The Morgan fingerprint density at radius 1 is 1.50 bits per heavy atom. The van der Waals surface area contributed by atoms with Crippen LogP contribution in [0.2, 0.25) is 0 Å². The van der Waals surface area contributed by atoms with E-state index in [1.165, 1.54) is 11.3 Å². The maximum Gasteiger partial charge on any atom is 0.128 e. The molecule has 14 heavy (non-hydrogen) atoms. The van der Waals surface area contributed by atoms with E-state index in [9.17, 15) is 0 Å². The normalized spacial score (nSPS) is 9.71. The molecule has 2 rings (SSSR count). The smallest absolute Gasteiger partial charge is 0.128 e. The molecule has 0 aliphatic heterocycles. The van der Waals surface area contributed by atoms with Crippen molar-refractivity contribution in [1.29, 1.82) is 5.26 Å². The third-order valence-corrected chi connectivity index (χ3v) is 2.92. The molecule has 0 radical (unpaired) electrons. The predicted molar refractivity (Wildman–Crippen MR) is 54.8 cm³/mol. The van der Waals surface area contributed by atoms with E-state index >= 15 is 0 Å². The number of rotatable bonds is 1. The molecule has 0 aliphatic rings. The van der Waals surface area contributed by atoms with Gasteiger partial charge < -0.3 is 0 Å². The van der Waals surface area contributed by atoms with E-state index in [1.807, 2.05) is 19.1 Å². The summed E-state index contributed by atoms with van der Waals surface area (Å²) in [5.74, 6) is 0. The first-order chi connectivity index (χ1) is 6.81. The van der Waals surface area contributed by atoms with Crippen LogP contribution in [0.1, 0.15) is 10.6 Å². The van der Waals surface area contributed by atoms with E-state index in [-0.39, 0.29) is 0 Å². The first-order valence-electron chi connectivity index (χ1n) is 4.09. The summed E-state index contributed by atoms with van der Waals surface area (Å²) in [4.78, 5) is 8.99. The minimum Gasteiger partial charge on any atom is -0.264 e. The Labute approximate surface area is 85.7 Å². The quantitative estimate of drug-likeness (QED) is 0.711. The Bertz CT molecular complexity index is 482. The van der Waals surface area contributed by atoms with Crippen LogP contribution in [-0.4, -0.2) is 9.97 Å². The molecule has 4 heteroatoms. The highest BCUT2D eigenvalue weighted by Crippen LogP contribution is 2.26. The molecule has 2 aromatic heterocycles. The van der Waals surface area contributed by atoms with Crippen LogP contribution in [0.5, 0.6) is 0 Å². The lowest BCUT2D eigenvalue weighted by molar-refractivity contribution is 1.24. The third-order valence-electron chi connectivity index (χ3n) is 1.81. The van der Waals surface area contributed by atoms with Crippen LogP contribution in [0, 0.1) is 18.3 Å². The SMILES string of the molecule is Cc1nc(-c2cccnc2)sc1C#N. The van der Waals surface area contributed by atoms with Gasteiger partial charge in [-0.3, -0.25) is 4.98 Å². The molecule has 0 atom stereocenters. The van der Waals surface area contributed by atoms with Crippen LogP contribution in [0.3, 0.4) is 0 Å². The van der Waals surface area contributed by atoms with Crippen molar-refractivity contribution < 1.29 is 0 Å². The summed E-state index contributed by atoms with van der Waals surface area (Å²) in [5, 5.41) is 9.64. The van der Waals surface area contributed by atoms with Crippen LogP contribution in [0.4, 0.5) is 0 Å². The Kier molecular flexibility index (Phi) is 2.25. The molecule has 2 heterocycles. The fraction of sp³-hybridized carbons (Fsp3) is 0.100. The Hall–Kier alpha value is -1.73. The van der Waals surface area contributed by atoms with Gasteiger partial charge in [0.2, 0.25) is 0 Å². The van der Waals surface area contributed by atoms with Crippen molar-refractivity contribution in [3.8, 4) is 16.6 Å². The molecule has 0 aliphatic carbocycles. The van der Waals surface area contributed by atoms with E-state index < -0.39 is 0 Å². The highest BCUT2D eigenvalue weighted by molar-refractivity contribution is 7.15. The Morgan fingerprint density at radius 2 is 2.36 bits per heavy atom. The first kappa shape index (κ1) is 8.85. The van der Waals surface area contributed by atoms with Crippen LogP contribution >= 0.6 is 11.3 Å². The number of pyridine rings is 1. The van der Waals surface area contributed by atoms with Gasteiger partial charge in [0, 0.05) is 18.0 Å². The summed E-state index contributed by atoms with van der Waals surface area (Å²) < 4.78 is 0. The van der Waals surface area contributed by atoms with Crippen molar-refractivity contribution in [3.05, 3.63) is 35.1 Å². The zero-order valence-electron chi connectivity index (χ0n) is 7.56. The molecule has 3 nitrogen and oxygen atoms in total. The summed E-state index contributed by atoms with van der Waals surface area (Å²) in [6.07, 6.45) is 3.47. The van der Waals surface area contributed by atoms with E-state index in [4.69, 9.17) is 5.26 Å². The number of nitriles is 1. The lowest BCUT2D eigenvalue weighted by atomic mass is 10.3. The van der Waals surface area contributed by atoms with Crippen molar-refractivity contribution in [3.63, 3.8) is 0 Å². The second-order valence-corrected chi connectivity index (χ2v) is 3.79. The summed E-state index contributed by atoms with van der Waals surface area (Å²) in [6.45, 7) is 1.84. The van der Waals surface area contributed by atoms with Gasteiger partial charge in [-0.15, -0.1) is 11.3 Å². The lowest BCUT2D eigenvalue weighted by Gasteiger charge is -1.91. The average molecular weight is 201 g/mol. The zero-order valence-corrected chi connectivity index (χ0v) is 8.38. The van der Waals surface area contributed by atoms with Gasteiger partial charge in [0.1, 0.15) is 16.0 Å². The molecule has 0 aromatic carbocycles. The maximum absolute atomic E-state index is 8.78. The van der Waals surface area contributed by atoms with Crippen LogP contribution in [-0.2, 0) is 0 Å². The minimum absolute atomic E-state index is 0.670. The molecule has 0 bridgehead atoms. The summed E-state index contributed by atoms with van der Waals surface area (Å²) in [7, 11) is 0. The highest BCUT2D eigenvalue weighted by Gasteiger charge is 2.07. The number of aryl methyl sites for hydroxylation is 1. The second kappa shape index (κ2) is 3.56. The molecule has 0 fully saturated rings. The molecule has 0 saturated carbocycles. The second-order valence-electron chi connectivity index (χ2n) is 2.79. The molecule has 68 valence electrons. The monoisotopic (exact) mass is 201 g/mol. The molecule has 0 unspecified atom stereocenters. The molecule has 0 saturated heterocycles. The van der Waals surface area contributed by atoms with Gasteiger partial charge in [0.25, 0.3) is 0 Å². The van der Waals surface area contributed by atoms with Gasteiger partial charge >= 0.3 is 0 Å². The highest BCUT2D eigenvalue weighted by atomic mass is 32.1. The van der Waals surface area contributed by atoms with E-state index in [1.54, 1.807) is 12.4 Å². The van der Waals surface area contributed by atoms with E-state index in [0.717, 1.165) is 16.3 Å². The van der Waals surface area contributed by atoms with Gasteiger partial charge in [-0.1, -0.05) is 0 Å². The lowest BCUT2D eigenvalue weighted by Crippen LogP contribution is -1.78. The van der Waals surface area contributed by atoms with Gasteiger partial charge in [-0.05, 0) is 19.1 Å². The van der Waals surface area contributed by atoms with Crippen molar-refractivity contribution in [2.45, 2.75) is 6.92 Å². The zero-order chi connectivity index (χ0) is 9.97. The molecular weight excluding hydrogens is 194 g/mol. The number of thiazole rings is 1. The summed E-state index contributed by atoms with van der Waals surface area (Å²) in [6, 6.07) is 5.92. The van der Waals surface area contributed by atoms with Crippen molar-refractivity contribution in [2.75, 3.05) is 0 Å². The fourth-order valence-corrected chi connectivity index (χ4v) is 1.97. The van der Waals surface area contributed by atoms with Crippen LogP contribution in [0.15, 0.2) is 24.5 Å². The van der Waals surface area contributed by atoms with Gasteiger partial charge in [0.15, 0.2) is 0 Å². The fourth-order valence-electron chi connectivity index (χ4n) is 1.11. The molecule has 0 spiro atoms. The number of nitrogens with zero attached hydrogens (tertiary/aromatic N) is 3. The van der Waals surface area contributed by atoms with E-state index in [0.29, 0.717) is 4.88 Å². The van der Waals surface area contributed by atoms with Gasteiger partial charge in [-0.25, -0.2) is 4.98 Å². The van der Waals surface area contributed by atoms with Gasteiger partial charge in [-0.2, -0.15) is 5.26 Å². The number of aromatic nitrogens is 2. The van der Waals surface area contributed by atoms with Crippen molar-refractivity contribution >= 4 is 11.3 Å². The molecule has 2 aromatic rings. The first-order valence-corrected chi connectivity index (χ1v) is 4.91. The topological polar surface area (TPSA) is 49.6 Å². The minimum atomic E-state index is 0.670. The summed E-state index contributed by atoms with van der Waals surface area (Å²) >= 11 is 1.40. The van der Waals surface area contributed by atoms with Gasteiger partial charge in [0.05, 0.1) is 5.69 Å². The third kappa shape index (κ3) is 1.50. The molecular formula is C10H7N3S. The van der Waals surface area contributed by atoms with Crippen LogP contribution < -0.4 is 0 Å². The Balaban J connectivity index is 2.50. The van der Waals surface area contributed by atoms with Crippen LogP contribution in [0.25, 0.3) is 10.6 Å². The standard InChI is InChI=1S/C10H7N3S/c1-7-9(5-11)14-10(13-7)8-3-2-4-12-6-8/h2-4,6H,1H3.